The van der Waals surface area contributed by atoms with Crippen LogP contribution >= 0.6 is 11.8 Å². The normalized spacial score (nSPS) is 34.1. The molecule has 1 saturated heterocycles. The molecule has 2 aliphatic heterocycles. The van der Waals surface area contributed by atoms with Crippen molar-refractivity contribution in [3.05, 3.63) is 10.6 Å². The summed E-state index contributed by atoms with van der Waals surface area (Å²) in [7, 11) is 0. The average Bonchev–Trinajstić information content (AvgIpc) is 2.97. The SMILES string of the molecule is C[C@@H](O)[C@H]1C(=O)N2C(C(=O)O)=C(SC3CCCC3)[C@H](C)[C@H]12. The van der Waals surface area contributed by atoms with Crippen LogP contribution in [-0.2, 0) is 9.59 Å². The Bertz CT molecular complexity index is 510. The van der Waals surface area contributed by atoms with Gasteiger partial charge in [-0.15, -0.1) is 11.8 Å². The summed E-state index contributed by atoms with van der Waals surface area (Å²) in [5.41, 5.74) is 0.159. The molecule has 0 bridgehead atoms. The van der Waals surface area contributed by atoms with Crippen molar-refractivity contribution in [1.82, 2.24) is 4.90 Å². The number of amides is 1. The van der Waals surface area contributed by atoms with Crippen LogP contribution in [0.1, 0.15) is 39.5 Å². The Balaban J connectivity index is 1.89. The van der Waals surface area contributed by atoms with E-state index < -0.39 is 18.0 Å². The molecule has 6 heteroatoms. The highest BCUT2D eigenvalue weighted by Gasteiger charge is 2.60. The van der Waals surface area contributed by atoms with E-state index in [2.05, 4.69) is 0 Å². The van der Waals surface area contributed by atoms with Crippen molar-refractivity contribution in [3.63, 3.8) is 0 Å². The van der Waals surface area contributed by atoms with Gasteiger partial charge in [0.05, 0.1) is 18.1 Å². The third-order valence-corrected chi connectivity index (χ3v) is 6.53. The third kappa shape index (κ3) is 2.19. The zero-order valence-corrected chi connectivity index (χ0v) is 13.1. The molecule has 1 aliphatic carbocycles. The van der Waals surface area contributed by atoms with Gasteiger partial charge in [0.25, 0.3) is 0 Å². The second-order valence-electron chi connectivity index (χ2n) is 6.30. The maximum atomic E-state index is 12.2. The fraction of sp³-hybridized carbons (Fsp3) is 0.733. The largest absolute Gasteiger partial charge is 0.477 e. The van der Waals surface area contributed by atoms with Gasteiger partial charge in [-0.25, -0.2) is 4.79 Å². The summed E-state index contributed by atoms with van der Waals surface area (Å²) in [6.07, 6.45) is 3.90. The first kappa shape index (κ1) is 14.9. The molecule has 21 heavy (non-hydrogen) atoms. The van der Waals surface area contributed by atoms with Crippen LogP contribution < -0.4 is 0 Å². The van der Waals surface area contributed by atoms with Crippen LogP contribution in [0.5, 0.6) is 0 Å². The van der Waals surface area contributed by atoms with Gasteiger partial charge >= 0.3 is 5.97 Å². The summed E-state index contributed by atoms with van der Waals surface area (Å²) in [4.78, 5) is 26.0. The Kier molecular flexibility index (Phi) is 3.78. The lowest BCUT2D eigenvalue weighted by molar-refractivity contribution is -0.163. The van der Waals surface area contributed by atoms with Crippen LogP contribution in [0.15, 0.2) is 10.6 Å². The first-order valence-electron chi connectivity index (χ1n) is 7.58. The summed E-state index contributed by atoms with van der Waals surface area (Å²) < 4.78 is 0. The van der Waals surface area contributed by atoms with E-state index in [-0.39, 0.29) is 23.6 Å². The highest BCUT2D eigenvalue weighted by Crippen LogP contribution is 2.52. The third-order valence-electron chi connectivity index (χ3n) is 4.91. The standard InChI is InChI=1S/C15H21NO4S/c1-7-11-10(8(2)17)14(18)16(11)12(15(19)20)13(7)21-9-5-3-4-6-9/h7-11,17H,3-6H2,1-2H3,(H,19,20)/t7-,8-,10-,11-/m1/s1. The molecule has 2 N–H and O–H groups in total. The maximum absolute atomic E-state index is 12.2. The number of aliphatic hydroxyl groups excluding tert-OH is 1. The fourth-order valence-corrected chi connectivity index (χ4v) is 5.44. The number of carboxylic acid groups (broad SMARTS) is 1. The maximum Gasteiger partial charge on any atom is 0.353 e. The summed E-state index contributed by atoms with van der Waals surface area (Å²) >= 11 is 1.65. The van der Waals surface area contributed by atoms with Gasteiger partial charge in [-0.1, -0.05) is 19.8 Å². The van der Waals surface area contributed by atoms with Crippen molar-refractivity contribution in [2.24, 2.45) is 11.8 Å². The molecule has 5 nitrogen and oxygen atoms in total. The molecule has 0 spiro atoms. The molecule has 2 heterocycles. The molecule has 3 rings (SSSR count). The summed E-state index contributed by atoms with van der Waals surface area (Å²) in [5.74, 6) is -1.74. The predicted octanol–water partition coefficient (Wildman–Crippen LogP) is 1.82. The van der Waals surface area contributed by atoms with Gasteiger partial charge in [-0.05, 0) is 19.8 Å². The number of fused-ring (bicyclic) bond motifs is 1. The van der Waals surface area contributed by atoms with Crippen LogP contribution in [0.4, 0.5) is 0 Å². The lowest BCUT2D eigenvalue weighted by Gasteiger charge is -2.46. The number of carbonyl (C=O) groups excluding carboxylic acids is 1. The van der Waals surface area contributed by atoms with E-state index in [1.54, 1.807) is 18.7 Å². The Hall–Kier alpha value is -1.01. The number of hydrogen-bond acceptors (Lipinski definition) is 4. The number of nitrogens with zero attached hydrogens (tertiary/aromatic N) is 1. The molecule has 1 saturated carbocycles. The monoisotopic (exact) mass is 311 g/mol. The number of carboxylic acids is 1. The van der Waals surface area contributed by atoms with Crippen molar-refractivity contribution < 1.29 is 19.8 Å². The molecule has 0 aromatic heterocycles. The van der Waals surface area contributed by atoms with E-state index in [0.717, 1.165) is 17.7 Å². The smallest absolute Gasteiger partial charge is 0.353 e. The highest BCUT2D eigenvalue weighted by atomic mass is 32.2. The Labute approximate surface area is 128 Å². The van der Waals surface area contributed by atoms with Crippen LogP contribution in [-0.4, -0.2) is 44.4 Å². The fourth-order valence-electron chi connectivity index (χ4n) is 3.86. The van der Waals surface area contributed by atoms with E-state index >= 15 is 0 Å². The van der Waals surface area contributed by atoms with Gasteiger partial charge in [0.15, 0.2) is 0 Å². The lowest BCUT2D eigenvalue weighted by Crippen LogP contribution is -2.63. The van der Waals surface area contributed by atoms with Gasteiger partial charge in [-0.2, -0.15) is 0 Å². The van der Waals surface area contributed by atoms with E-state index in [1.165, 1.54) is 17.7 Å². The van der Waals surface area contributed by atoms with E-state index in [9.17, 15) is 19.8 Å². The van der Waals surface area contributed by atoms with Gasteiger partial charge < -0.3 is 15.1 Å². The van der Waals surface area contributed by atoms with Gasteiger partial charge in [0.1, 0.15) is 5.70 Å². The molecule has 0 aromatic carbocycles. The van der Waals surface area contributed by atoms with Crippen molar-refractivity contribution >= 4 is 23.6 Å². The summed E-state index contributed by atoms with van der Waals surface area (Å²) in [6, 6.07) is -0.187. The second-order valence-corrected chi connectivity index (χ2v) is 7.64. The van der Waals surface area contributed by atoms with Crippen LogP contribution in [0.3, 0.4) is 0 Å². The number of aliphatic hydroxyl groups is 1. The Morgan fingerprint density at radius 1 is 1.38 bits per heavy atom. The van der Waals surface area contributed by atoms with Crippen LogP contribution in [0.25, 0.3) is 0 Å². The van der Waals surface area contributed by atoms with Gasteiger partial charge in [0, 0.05) is 16.1 Å². The minimum Gasteiger partial charge on any atom is -0.477 e. The summed E-state index contributed by atoms with van der Waals surface area (Å²) in [5, 5.41) is 19.8. The van der Waals surface area contributed by atoms with E-state index in [0.29, 0.717) is 5.25 Å². The molecule has 0 aromatic rings. The van der Waals surface area contributed by atoms with E-state index in [1.807, 2.05) is 6.92 Å². The number of hydrogen-bond donors (Lipinski definition) is 2. The first-order chi connectivity index (χ1) is 9.93. The van der Waals surface area contributed by atoms with Crippen molar-refractivity contribution in [3.8, 4) is 0 Å². The second kappa shape index (κ2) is 5.32. The van der Waals surface area contributed by atoms with Gasteiger partial charge in [0.2, 0.25) is 5.91 Å². The Morgan fingerprint density at radius 2 is 2.00 bits per heavy atom. The highest BCUT2D eigenvalue weighted by molar-refractivity contribution is 8.03. The lowest BCUT2D eigenvalue weighted by atomic mass is 9.79. The molecule has 4 atom stereocenters. The van der Waals surface area contributed by atoms with Crippen LogP contribution in [0, 0.1) is 11.8 Å². The topological polar surface area (TPSA) is 77.8 Å². The van der Waals surface area contributed by atoms with Crippen LogP contribution in [0.2, 0.25) is 0 Å². The molecule has 2 fully saturated rings. The zero-order chi connectivity index (χ0) is 15.3. The quantitative estimate of drug-likeness (QED) is 0.774. The molecule has 116 valence electrons. The number of aliphatic carboxylic acids is 1. The molecular formula is C15H21NO4S. The number of thioether (sulfide) groups is 1. The number of β-lactam (4-membered cyclic amide) rings is 1. The minimum absolute atomic E-state index is 0.000926. The summed E-state index contributed by atoms with van der Waals surface area (Å²) in [6.45, 7) is 3.59. The molecule has 3 aliphatic rings. The Morgan fingerprint density at radius 3 is 2.52 bits per heavy atom. The number of carbonyl (C=O) groups is 2. The molecular weight excluding hydrogens is 290 g/mol. The first-order valence-corrected chi connectivity index (χ1v) is 8.46. The average molecular weight is 311 g/mol. The van der Waals surface area contributed by atoms with Crippen molar-refractivity contribution in [1.29, 1.82) is 0 Å². The molecule has 0 unspecified atom stereocenters. The van der Waals surface area contributed by atoms with E-state index in [4.69, 9.17) is 0 Å². The van der Waals surface area contributed by atoms with Crippen molar-refractivity contribution in [2.45, 2.75) is 56.9 Å². The minimum atomic E-state index is -1.03. The molecule has 0 radical (unpaired) electrons. The predicted molar refractivity (Wildman–Crippen MR) is 79.5 cm³/mol. The van der Waals surface area contributed by atoms with Gasteiger partial charge in [-0.3, -0.25) is 4.79 Å². The number of rotatable bonds is 4. The molecule has 1 amide bonds. The van der Waals surface area contributed by atoms with Crippen molar-refractivity contribution in [2.75, 3.05) is 0 Å². The zero-order valence-electron chi connectivity index (χ0n) is 12.3.